The molecule has 0 fully saturated rings. The van der Waals surface area contributed by atoms with E-state index < -0.39 is 0 Å². The first-order valence-electron chi connectivity index (χ1n) is 5.11. The Morgan fingerprint density at radius 1 is 1.53 bits per heavy atom. The number of H-pyrrole nitrogens is 1. The maximum atomic E-state index is 11.3. The quantitative estimate of drug-likeness (QED) is 0.897. The Balaban J connectivity index is 2.07. The third-order valence-electron chi connectivity index (χ3n) is 2.15. The Bertz CT molecular complexity index is 563. The number of rotatable bonds is 4. The number of aryl methyl sites for hydroxylation is 1. The lowest BCUT2D eigenvalue weighted by Crippen LogP contribution is -2.12. The Labute approximate surface area is 106 Å². The van der Waals surface area contributed by atoms with Crippen LogP contribution < -0.4 is 10.9 Å². The van der Waals surface area contributed by atoms with E-state index in [0.717, 1.165) is 12.2 Å². The molecule has 0 unspecified atom stereocenters. The summed E-state index contributed by atoms with van der Waals surface area (Å²) in [6.45, 7) is 2.38. The number of aromatic amines is 1. The van der Waals surface area contributed by atoms with Crippen molar-refractivity contribution in [3.05, 3.63) is 39.0 Å². The van der Waals surface area contributed by atoms with Crippen molar-refractivity contribution in [3.8, 4) is 0 Å². The summed E-state index contributed by atoms with van der Waals surface area (Å²) in [6, 6.07) is 0. The van der Waals surface area contributed by atoms with Gasteiger partial charge in [0.2, 0.25) is 5.89 Å². The van der Waals surface area contributed by atoms with Crippen LogP contribution in [0.4, 0.5) is 5.82 Å². The molecule has 0 spiro atoms. The highest BCUT2D eigenvalue weighted by molar-refractivity contribution is 9.10. The van der Waals surface area contributed by atoms with Crippen LogP contribution in [0.3, 0.4) is 0 Å². The zero-order valence-electron chi connectivity index (χ0n) is 9.16. The molecule has 0 atom stereocenters. The van der Waals surface area contributed by atoms with E-state index in [2.05, 4.69) is 36.2 Å². The molecule has 0 amide bonds. The number of nitrogens with zero attached hydrogens (tertiary/aromatic N) is 2. The summed E-state index contributed by atoms with van der Waals surface area (Å²) in [5, 5.41) is 2.97. The van der Waals surface area contributed by atoms with Gasteiger partial charge in [-0.2, -0.15) is 0 Å². The van der Waals surface area contributed by atoms with E-state index >= 15 is 0 Å². The molecule has 2 rings (SSSR count). The average Bonchev–Trinajstić information content (AvgIpc) is 2.79. The number of oxazole rings is 1. The molecule has 0 aromatic carbocycles. The van der Waals surface area contributed by atoms with Crippen LogP contribution in [0, 0.1) is 0 Å². The molecule has 0 aliphatic rings. The third-order valence-corrected chi connectivity index (χ3v) is 2.89. The van der Waals surface area contributed by atoms with E-state index in [-0.39, 0.29) is 5.56 Å². The van der Waals surface area contributed by atoms with Crippen molar-refractivity contribution < 1.29 is 4.42 Å². The van der Waals surface area contributed by atoms with Crippen LogP contribution in [-0.2, 0) is 13.0 Å². The van der Waals surface area contributed by atoms with Crippen molar-refractivity contribution >= 4 is 21.7 Å². The molecule has 2 aromatic rings. The first-order chi connectivity index (χ1) is 8.20. The minimum absolute atomic E-state index is 0.232. The second kappa shape index (κ2) is 5.13. The number of hydrogen-bond donors (Lipinski definition) is 2. The summed E-state index contributed by atoms with van der Waals surface area (Å²) < 4.78 is 5.79. The Kier molecular flexibility index (Phi) is 3.58. The first kappa shape index (κ1) is 11.8. The van der Waals surface area contributed by atoms with Gasteiger partial charge in [-0.15, -0.1) is 0 Å². The lowest BCUT2D eigenvalue weighted by atomic mass is 10.4. The molecular weight excluding hydrogens is 288 g/mol. The Morgan fingerprint density at radius 2 is 2.35 bits per heavy atom. The summed E-state index contributed by atoms with van der Waals surface area (Å²) >= 11 is 3.15. The minimum atomic E-state index is -0.232. The topological polar surface area (TPSA) is 83.8 Å². The summed E-state index contributed by atoms with van der Waals surface area (Å²) in [7, 11) is 0. The molecule has 90 valence electrons. The molecule has 0 aliphatic carbocycles. The number of aromatic nitrogens is 3. The lowest BCUT2D eigenvalue weighted by Gasteiger charge is -2.03. The van der Waals surface area contributed by atoms with Gasteiger partial charge in [-0.1, -0.05) is 6.92 Å². The molecule has 2 aromatic heterocycles. The number of halogens is 1. The van der Waals surface area contributed by atoms with Gasteiger partial charge < -0.3 is 14.7 Å². The van der Waals surface area contributed by atoms with Gasteiger partial charge in [-0.3, -0.25) is 4.79 Å². The van der Waals surface area contributed by atoms with Gasteiger partial charge in [0, 0.05) is 6.42 Å². The van der Waals surface area contributed by atoms with Crippen molar-refractivity contribution in [2.24, 2.45) is 0 Å². The van der Waals surface area contributed by atoms with Crippen LogP contribution in [-0.4, -0.2) is 15.0 Å². The molecule has 17 heavy (non-hydrogen) atoms. The third kappa shape index (κ3) is 2.73. The van der Waals surface area contributed by atoms with E-state index in [1.54, 1.807) is 6.20 Å². The largest absolute Gasteiger partial charge is 0.444 e. The number of hydrogen-bond acceptors (Lipinski definition) is 5. The van der Waals surface area contributed by atoms with Gasteiger partial charge in [0.1, 0.15) is 16.1 Å². The average molecular weight is 299 g/mol. The van der Waals surface area contributed by atoms with Crippen molar-refractivity contribution in [2.75, 3.05) is 5.32 Å². The van der Waals surface area contributed by atoms with Gasteiger partial charge in [0.15, 0.2) is 0 Å². The highest BCUT2D eigenvalue weighted by atomic mass is 79.9. The number of anilines is 1. The van der Waals surface area contributed by atoms with Crippen LogP contribution >= 0.6 is 15.9 Å². The van der Waals surface area contributed by atoms with Gasteiger partial charge in [0.25, 0.3) is 5.56 Å². The summed E-state index contributed by atoms with van der Waals surface area (Å²) in [4.78, 5) is 21.8. The molecule has 0 radical (unpaired) electrons. The van der Waals surface area contributed by atoms with Crippen LogP contribution in [0.5, 0.6) is 0 Å². The second-order valence-corrected chi connectivity index (χ2v) is 4.11. The van der Waals surface area contributed by atoms with Gasteiger partial charge >= 0.3 is 0 Å². The maximum Gasteiger partial charge on any atom is 0.267 e. The van der Waals surface area contributed by atoms with Gasteiger partial charge in [0.05, 0.1) is 19.1 Å². The van der Waals surface area contributed by atoms with Gasteiger partial charge in [-0.05, 0) is 15.9 Å². The van der Waals surface area contributed by atoms with Crippen LogP contribution in [0.25, 0.3) is 0 Å². The molecule has 2 N–H and O–H groups in total. The SMILES string of the molecule is CCc1cnc(CNc2nc[nH]c(=O)c2Br)o1. The molecule has 0 bridgehead atoms. The van der Waals surface area contributed by atoms with E-state index in [0.29, 0.717) is 22.7 Å². The fraction of sp³-hybridized carbons (Fsp3) is 0.300. The molecule has 2 heterocycles. The van der Waals surface area contributed by atoms with Crippen molar-refractivity contribution in [3.63, 3.8) is 0 Å². The molecule has 7 heteroatoms. The Hall–Kier alpha value is -1.63. The molecule has 0 aliphatic heterocycles. The number of nitrogens with one attached hydrogen (secondary N) is 2. The normalized spacial score (nSPS) is 10.5. The van der Waals surface area contributed by atoms with Gasteiger partial charge in [-0.25, -0.2) is 9.97 Å². The zero-order valence-corrected chi connectivity index (χ0v) is 10.7. The highest BCUT2D eigenvalue weighted by Crippen LogP contribution is 2.14. The molecule has 6 nitrogen and oxygen atoms in total. The van der Waals surface area contributed by atoms with E-state index in [9.17, 15) is 4.79 Å². The van der Waals surface area contributed by atoms with E-state index in [4.69, 9.17) is 4.42 Å². The van der Waals surface area contributed by atoms with Crippen molar-refractivity contribution in [1.82, 2.24) is 15.0 Å². The Morgan fingerprint density at radius 3 is 3.06 bits per heavy atom. The lowest BCUT2D eigenvalue weighted by molar-refractivity contribution is 0.465. The monoisotopic (exact) mass is 298 g/mol. The molecular formula is C10H11BrN4O2. The van der Waals surface area contributed by atoms with E-state index in [1.165, 1.54) is 6.33 Å². The predicted molar refractivity (Wildman–Crippen MR) is 65.8 cm³/mol. The second-order valence-electron chi connectivity index (χ2n) is 3.32. The zero-order chi connectivity index (χ0) is 12.3. The van der Waals surface area contributed by atoms with Crippen molar-refractivity contribution in [1.29, 1.82) is 0 Å². The smallest absolute Gasteiger partial charge is 0.267 e. The molecule has 0 saturated heterocycles. The minimum Gasteiger partial charge on any atom is -0.444 e. The maximum absolute atomic E-state index is 11.3. The first-order valence-corrected chi connectivity index (χ1v) is 5.90. The fourth-order valence-corrected chi connectivity index (χ4v) is 1.62. The van der Waals surface area contributed by atoms with E-state index in [1.807, 2.05) is 6.92 Å². The van der Waals surface area contributed by atoms with Crippen LogP contribution in [0.15, 0.2) is 26.2 Å². The highest BCUT2D eigenvalue weighted by Gasteiger charge is 2.07. The summed E-state index contributed by atoms with van der Waals surface area (Å²) in [5.41, 5.74) is -0.232. The van der Waals surface area contributed by atoms with Crippen molar-refractivity contribution in [2.45, 2.75) is 19.9 Å². The summed E-state index contributed by atoms with van der Waals surface area (Å²) in [6.07, 6.45) is 3.83. The fourth-order valence-electron chi connectivity index (χ4n) is 1.26. The molecule has 0 saturated carbocycles. The predicted octanol–water partition coefficient (Wildman–Crippen LogP) is 1.69. The van der Waals surface area contributed by atoms with Crippen LogP contribution in [0.1, 0.15) is 18.6 Å². The summed E-state index contributed by atoms with van der Waals surface area (Å²) in [5.74, 6) is 1.86. The van der Waals surface area contributed by atoms with Crippen LogP contribution in [0.2, 0.25) is 0 Å². The standard InChI is InChI=1S/C10H11BrN4O2/c1-2-6-3-12-7(17-6)4-13-9-8(11)10(16)15-5-14-9/h3,5H,2,4H2,1H3,(H2,13,14,15,16).